The van der Waals surface area contributed by atoms with Crippen molar-refractivity contribution in [3.05, 3.63) is 54.0 Å². The molecule has 0 saturated carbocycles. The number of nitrogens with zero attached hydrogens (tertiary/aromatic N) is 1. The first-order chi connectivity index (χ1) is 11.5. The normalized spacial score (nSPS) is 17.5. The zero-order valence-corrected chi connectivity index (χ0v) is 14.0. The summed E-state index contributed by atoms with van der Waals surface area (Å²) in [5.41, 5.74) is 2.00. The van der Waals surface area contributed by atoms with Crippen LogP contribution in [0, 0.1) is 5.92 Å². The van der Waals surface area contributed by atoms with Crippen molar-refractivity contribution in [3.8, 4) is 0 Å². The lowest BCUT2D eigenvalue weighted by atomic mass is 10.0. The van der Waals surface area contributed by atoms with E-state index in [2.05, 4.69) is 19.2 Å². The molecule has 2 amide bonds. The summed E-state index contributed by atoms with van der Waals surface area (Å²) < 4.78 is 5.27. The van der Waals surface area contributed by atoms with Crippen LogP contribution in [-0.4, -0.2) is 23.3 Å². The highest BCUT2D eigenvalue weighted by Crippen LogP contribution is 2.23. The van der Waals surface area contributed by atoms with E-state index in [-0.39, 0.29) is 24.2 Å². The zero-order valence-electron chi connectivity index (χ0n) is 14.0. The van der Waals surface area contributed by atoms with Crippen LogP contribution in [0.5, 0.6) is 0 Å². The van der Waals surface area contributed by atoms with E-state index in [4.69, 9.17) is 4.42 Å². The van der Waals surface area contributed by atoms with Crippen LogP contribution in [0.15, 0.2) is 47.1 Å². The summed E-state index contributed by atoms with van der Waals surface area (Å²) in [6.45, 7) is 5.10. The molecule has 1 fully saturated rings. The Hall–Kier alpha value is -2.56. The maximum Gasteiger partial charge on any atom is 0.229 e. The van der Waals surface area contributed by atoms with E-state index in [1.165, 1.54) is 5.56 Å². The molecule has 2 heterocycles. The van der Waals surface area contributed by atoms with Gasteiger partial charge in [0, 0.05) is 18.7 Å². The molecule has 1 aliphatic rings. The van der Waals surface area contributed by atoms with Gasteiger partial charge >= 0.3 is 0 Å². The minimum absolute atomic E-state index is 0.0123. The third-order valence-corrected chi connectivity index (χ3v) is 4.36. The van der Waals surface area contributed by atoms with E-state index in [0.29, 0.717) is 19.0 Å². The number of likely N-dealkylation sites (tertiary alicyclic amines) is 1. The number of furan rings is 1. The molecule has 1 aromatic carbocycles. The van der Waals surface area contributed by atoms with Crippen molar-refractivity contribution in [2.24, 2.45) is 5.92 Å². The predicted octanol–water partition coefficient (Wildman–Crippen LogP) is 3.39. The molecular formula is C19H22N2O3. The zero-order chi connectivity index (χ0) is 17.1. The van der Waals surface area contributed by atoms with Crippen molar-refractivity contribution < 1.29 is 14.0 Å². The molecule has 1 saturated heterocycles. The van der Waals surface area contributed by atoms with Gasteiger partial charge in [-0.2, -0.15) is 0 Å². The number of hydrogen-bond acceptors (Lipinski definition) is 3. The van der Waals surface area contributed by atoms with Crippen LogP contribution < -0.4 is 5.32 Å². The van der Waals surface area contributed by atoms with Crippen LogP contribution in [0.2, 0.25) is 0 Å². The molecule has 0 spiro atoms. The number of amides is 2. The first kappa shape index (κ1) is 16.3. The molecule has 1 aliphatic heterocycles. The highest BCUT2D eigenvalue weighted by Gasteiger charge is 2.34. The Bertz CT molecular complexity index is 705. The fraction of sp³-hybridized carbons (Fsp3) is 0.368. The molecular weight excluding hydrogens is 304 g/mol. The quantitative estimate of drug-likeness (QED) is 0.916. The number of anilines is 1. The van der Waals surface area contributed by atoms with Gasteiger partial charge in [-0.3, -0.25) is 9.59 Å². The fourth-order valence-corrected chi connectivity index (χ4v) is 2.89. The highest BCUT2D eigenvalue weighted by atomic mass is 16.3. The molecule has 0 radical (unpaired) electrons. The van der Waals surface area contributed by atoms with Gasteiger partial charge in [-0.25, -0.2) is 0 Å². The molecule has 24 heavy (non-hydrogen) atoms. The monoisotopic (exact) mass is 326 g/mol. The van der Waals surface area contributed by atoms with E-state index in [1.54, 1.807) is 17.2 Å². The SMILES string of the molecule is CC(C)c1ccc(NC(=O)[C@H]2CC(=O)N(Cc3ccco3)C2)cc1. The highest BCUT2D eigenvalue weighted by molar-refractivity contribution is 5.97. The van der Waals surface area contributed by atoms with Crippen molar-refractivity contribution in [1.82, 2.24) is 4.90 Å². The number of hydrogen-bond donors (Lipinski definition) is 1. The standard InChI is InChI=1S/C19H22N2O3/c1-13(2)14-5-7-16(8-6-14)20-19(23)15-10-18(22)21(11-15)12-17-4-3-9-24-17/h3-9,13,15H,10-12H2,1-2H3,(H,20,23)/t15-/m0/s1. The van der Waals surface area contributed by atoms with E-state index in [0.717, 1.165) is 11.4 Å². The molecule has 1 N–H and O–H groups in total. The van der Waals surface area contributed by atoms with Crippen molar-refractivity contribution >= 4 is 17.5 Å². The maximum absolute atomic E-state index is 12.4. The first-order valence-electron chi connectivity index (χ1n) is 8.24. The van der Waals surface area contributed by atoms with Crippen LogP contribution in [0.25, 0.3) is 0 Å². The molecule has 1 atom stereocenters. The fourth-order valence-electron chi connectivity index (χ4n) is 2.89. The second-order valence-electron chi connectivity index (χ2n) is 6.52. The molecule has 0 bridgehead atoms. The molecule has 126 valence electrons. The Morgan fingerprint density at radius 3 is 2.67 bits per heavy atom. The maximum atomic E-state index is 12.4. The Kier molecular flexibility index (Phi) is 4.69. The van der Waals surface area contributed by atoms with Crippen LogP contribution in [0.3, 0.4) is 0 Å². The van der Waals surface area contributed by atoms with Crippen LogP contribution in [0.1, 0.15) is 37.5 Å². The lowest BCUT2D eigenvalue weighted by Gasteiger charge is -2.15. The molecule has 2 aromatic rings. The van der Waals surface area contributed by atoms with E-state index < -0.39 is 0 Å². The van der Waals surface area contributed by atoms with Crippen molar-refractivity contribution in [2.75, 3.05) is 11.9 Å². The van der Waals surface area contributed by atoms with Gasteiger partial charge in [-0.15, -0.1) is 0 Å². The van der Waals surface area contributed by atoms with Crippen molar-refractivity contribution in [3.63, 3.8) is 0 Å². The van der Waals surface area contributed by atoms with Crippen LogP contribution >= 0.6 is 0 Å². The number of benzene rings is 1. The lowest BCUT2D eigenvalue weighted by molar-refractivity contribution is -0.128. The minimum Gasteiger partial charge on any atom is -0.467 e. The van der Waals surface area contributed by atoms with Crippen molar-refractivity contribution in [1.29, 1.82) is 0 Å². The lowest BCUT2D eigenvalue weighted by Crippen LogP contribution is -2.27. The predicted molar refractivity (Wildman–Crippen MR) is 91.4 cm³/mol. The van der Waals surface area contributed by atoms with Gasteiger partial charge in [0.2, 0.25) is 11.8 Å². The first-order valence-corrected chi connectivity index (χ1v) is 8.24. The van der Waals surface area contributed by atoms with Crippen molar-refractivity contribution in [2.45, 2.75) is 32.7 Å². The van der Waals surface area contributed by atoms with Gasteiger partial charge in [0.15, 0.2) is 0 Å². The summed E-state index contributed by atoms with van der Waals surface area (Å²) in [4.78, 5) is 26.2. The van der Waals surface area contributed by atoms with Gasteiger partial charge < -0.3 is 14.6 Å². The van der Waals surface area contributed by atoms with Gasteiger partial charge in [0.05, 0.1) is 18.7 Å². The summed E-state index contributed by atoms with van der Waals surface area (Å²) in [6, 6.07) is 11.5. The topological polar surface area (TPSA) is 62.6 Å². The summed E-state index contributed by atoms with van der Waals surface area (Å²) in [5, 5.41) is 2.91. The van der Waals surface area contributed by atoms with Crippen LogP contribution in [0.4, 0.5) is 5.69 Å². The van der Waals surface area contributed by atoms with E-state index in [9.17, 15) is 9.59 Å². The van der Waals surface area contributed by atoms with Gasteiger partial charge in [0.25, 0.3) is 0 Å². The minimum atomic E-state index is -0.322. The third-order valence-electron chi connectivity index (χ3n) is 4.36. The smallest absolute Gasteiger partial charge is 0.229 e. The molecule has 5 nitrogen and oxygen atoms in total. The molecule has 0 unspecified atom stereocenters. The summed E-state index contributed by atoms with van der Waals surface area (Å²) >= 11 is 0. The third kappa shape index (κ3) is 3.67. The molecule has 0 aliphatic carbocycles. The van der Waals surface area contributed by atoms with Gasteiger partial charge in [0.1, 0.15) is 5.76 Å². The largest absolute Gasteiger partial charge is 0.467 e. The van der Waals surface area contributed by atoms with Crippen LogP contribution in [-0.2, 0) is 16.1 Å². The molecule has 5 heteroatoms. The Morgan fingerprint density at radius 2 is 2.04 bits per heavy atom. The summed E-state index contributed by atoms with van der Waals surface area (Å²) in [5.74, 6) is 0.743. The second kappa shape index (κ2) is 6.91. The number of nitrogens with one attached hydrogen (secondary N) is 1. The number of carbonyl (C=O) groups excluding carboxylic acids is 2. The number of carbonyl (C=O) groups is 2. The molecule has 3 rings (SSSR count). The Balaban J connectivity index is 1.58. The number of rotatable bonds is 5. The second-order valence-corrected chi connectivity index (χ2v) is 6.52. The summed E-state index contributed by atoms with van der Waals surface area (Å²) in [7, 11) is 0. The van der Waals surface area contributed by atoms with Gasteiger partial charge in [-0.1, -0.05) is 26.0 Å². The average molecular weight is 326 g/mol. The summed E-state index contributed by atoms with van der Waals surface area (Å²) in [6.07, 6.45) is 1.83. The Morgan fingerprint density at radius 1 is 1.29 bits per heavy atom. The van der Waals surface area contributed by atoms with E-state index >= 15 is 0 Å². The van der Waals surface area contributed by atoms with E-state index in [1.807, 2.05) is 30.3 Å². The Labute approximate surface area is 141 Å². The average Bonchev–Trinajstić information content (AvgIpc) is 3.19. The molecule has 1 aromatic heterocycles. The van der Waals surface area contributed by atoms with Gasteiger partial charge in [-0.05, 0) is 35.7 Å².